The molecule has 0 aliphatic heterocycles. The summed E-state index contributed by atoms with van der Waals surface area (Å²) < 4.78 is 11.3. The van der Waals surface area contributed by atoms with Gasteiger partial charge in [-0.15, -0.1) is 0 Å². The average molecular weight is 350 g/mol. The highest BCUT2D eigenvalue weighted by atomic mass is 16.5. The lowest BCUT2D eigenvalue weighted by Crippen LogP contribution is -2.10. The van der Waals surface area contributed by atoms with Crippen LogP contribution >= 0.6 is 0 Å². The third-order valence-corrected chi connectivity index (χ3v) is 4.43. The maximum Gasteiger partial charge on any atom is 0.249 e. The van der Waals surface area contributed by atoms with Crippen molar-refractivity contribution >= 4 is 28.3 Å². The maximum atomic E-state index is 12.3. The van der Waals surface area contributed by atoms with Crippen LogP contribution in [0.25, 0.3) is 16.5 Å². The van der Waals surface area contributed by atoms with Crippen LogP contribution in [0.3, 0.4) is 0 Å². The molecule has 0 saturated heterocycles. The molecular formula is C21H22N2O3. The van der Waals surface area contributed by atoms with Gasteiger partial charge in [-0.2, -0.15) is 0 Å². The standard InChI is InChI=1S/C21H22N2O3/c1-12-6-7-20(22-11-12)23-21(24)8-13(2)16-9-17-14(3)15(4)26-19(17)10-18(16)25-5/h6-11H,1-5H3,(H,22,23,24)/b13-8+. The second kappa shape index (κ2) is 7.04. The molecule has 0 radical (unpaired) electrons. The third kappa shape index (κ3) is 3.47. The number of benzene rings is 1. The molecule has 3 aromatic rings. The quantitative estimate of drug-likeness (QED) is 0.686. The van der Waals surface area contributed by atoms with Crippen LogP contribution in [0.1, 0.15) is 29.4 Å². The Hall–Kier alpha value is -3.08. The van der Waals surface area contributed by atoms with E-state index in [-0.39, 0.29) is 5.91 Å². The van der Waals surface area contributed by atoms with Crippen LogP contribution in [0.15, 0.2) is 41.0 Å². The van der Waals surface area contributed by atoms with E-state index in [1.54, 1.807) is 25.4 Å². The van der Waals surface area contributed by atoms with Crippen molar-refractivity contribution in [2.45, 2.75) is 27.7 Å². The number of ether oxygens (including phenoxy) is 1. The SMILES string of the molecule is COc1cc2oc(C)c(C)c2cc1/C(C)=C/C(=O)Nc1ccc(C)cn1. The first-order chi connectivity index (χ1) is 12.4. The summed E-state index contributed by atoms with van der Waals surface area (Å²) in [5.74, 6) is 1.83. The van der Waals surface area contributed by atoms with Crippen LogP contribution in [-0.4, -0.2) is 18.0 Å². The van der Waals surface area contributed by atoms with E-state index in [4.69, 9.17) is 9.15 Å². The zero-order valence-corrected chi connectivity index (χ0v) is 15.6. The molecular weight excluding hydrogens is 328 g/mol. The monoisotopic (exact) mass is 350 g/mol. The molecule has 3 rings (SSSR count). The van der Waals surface area contributed by atoms with Gasteiger partial charge in [0.05, 0.1) is 7.11 Å². The Morgan fingerprint density at radius 2 is 2.00 bits per heavy atom. The summed E-state index contributed by atoms with van der Waals surface area (Å²) in [5.41, 5.74) is 4.56. The van der Waals surface area contributed by atoms with Crippen LogP contribution in [0, 0.1) is 20.8 Å². The molecule has 2 aromatic heterocycles. The van der Waals surface area contributed by atoms with Crippen molar-refractivity contribution in [3.8, 4) is 5.75 Å². The number of aryl methyl sites for hydroxylation is 3. The van der Waals surface area contributed by atoms with Gasteiger partial charge in [0, 0.05) is 29.3 Å². The van der Waals surface area contributed by atoms with Crippen molar-refractivity contribution in [3.63, 3.8) is 0 Å². The summed E-state index contributed by atoms with van der Waals surface area (Å²) in [7, 11) is 1.61. The first kappa shape index (κ1) is 17.7. The van der Waals surface area contributed by atoms with Gasteiger partial charge in [-0.3, -0.25) is 4.79 Å². The number of fused-ring (bicyclic) bond motifs is 1. The Bertz CT molecular complexity index is 998. The smallest absolute Gasteiger partial charge is 0.249 e. The molecule has 1 N–H and O–H groups in total. The lowest BCUT2D eigenvalue weighted by molar-refractivity contribution is -0.111. The fraction of sp³-hybridized carbons (Fsp3) is 0.238. The zero-order valence-electron chi connectivity index (χ0n) is 15.6. The number of hydrogen-bond acceptors (Lipinski definition) is 4. The molecule has 0 bridgehead atoms. The van der Waals surface area contributed by atoms with Crippen LogP contribution < -0.4 is 10.1 Å². The first-order valence-corrected chi connectivity index (χ1v) is 8.39. The lowest BCUT2D eigenvalue weighted by atomic mass is 10.0. The Kier molecular flexibility index (Phi) is 4.80. The van der Waals surface area contributed by atoms with E-state index < -0.39 is 0 Å². The number of carbonyl (C=O) groups excluding carboxylic acids is 1. The first-order valence-electron chi connectivity index (χ1n) is 8.39. The number of carbonyl (C=O) groups is 1. The molecule has 26 heavy (non-hydrogen) atoms. The Morgan fingerprint density at radius 3 is 2.65 bits per heavy atom. The van der Waals surface area contributed by atoms with Crippen LogP contribution in [-0.2, 0) is 4.79 Å². The van der Waals surface area contributed by atoms with E-state index in [1.165, 1.54) is 0 Å². The highest BCUT2D eigenvalue weighted by Gasteiger charge is 2.14. The van der Waals surface area contributed by atoms with Gasteiger partial charge in [0.15, 0.2) is 0 Å². The zero-order chi connectivity index (χ0) is 18.8. The molecule has 5 heteroatoms. The molecule has 0 unspecified atom stereocenters. The summed E-state index contributed by atoms with van der Waals surface area (Å²) in [6.07, 6.45) is 3.26. The number of anilines is 1. The highest BCUT2D eigenvalue weighted by Crippen LogP contribution is 2.34. The molecule has 1 aromatic carbocycles. The molecule has 1 amide bonds. The number of allylic oxidation sites excluding steroid dienone is 1. The number of pyridine rings is 1. The fourth-order valence-electron chi connectivity index (χ4n) is 2.83. The molecule has 0 atom stereocenters. The number of furan rings is 1. The number of nitrogens with one attached hydrogen (secondary N) is 1. The van der Waals surface area contributed by atoms with Crippen LogP contribution in [0.4, 0.5) is 5.82 Å². The number of nitrogens with zero attached hydrogens (tertiary/aromatic N) is 1. The Morgan fingerprint density at radius 1 is 1.23 bits per heavy atom. The average Bonchev–Trinajstić information content (AvgIpc) is 2.89. The minimum Gasteiger partial charge on any atom is -0.496 e. The van der Waals surface area contributed by atoms with Gasteiger partial charge in [0.25, 0.3) is 0 Å². The lowest BCUT2D eigenvalue weighted by Gasteiger charge is -2.10. The van der Waals surface area contributed by atoms with Crippen molar-refractivity contribution < 1.29 is 13.9 Å². The Balaban J connectivity index is 1.93. The Labute approximate surface area is 152 Å². The van der Waals surface area contributed by atoms with Gasteiger partial charge in [0.1, 0.15) is 22.9 Å². The molecule has 0 fully saturated rings. The van der Waals surface area contributed by atoms with Gasteiger partial charge < -0.3 is 14.5 Å². The van der Waals surface area contributed by atoms with E-state index >= 15 is 0 Å². The van der Waals surface area contributed by atoms with E-state index in [1.807, 2.05) is 45.9 Å². The molecule has 0 saturated carbocycles. The van der Waals surface area contributed by atoms with Crippen LogP contribution in [0.2, 0.25) is 0 Å². The number of amides is 1. The van der Waals surface area contributed by atoms with Crippen molar-refractivity contribution in [3.05, 3.63) is 59.0 Å². The largest absolute Gasteiger partial charge is 0.496 e. The topological polar surface area (TPSA) is 64.4 Å². The van der Waals surface area contributed by atoms with E-state index in [0.29, 0.717) is 11.6 Å². The summed E-state index contributed by atoms with van der Waals surface area (Å²) in [6, 6.07) is 7.55. The minimum atomic E-state index is -0.235. The summed E-state index contributed by atoms with van der Waals surface area (Å²) in [6.45, 7) is 7.79. The number of rotatable bonds is 4. The number of hydrogen-bond donors (Lipinski definition) is 1. The molecule has 0 aliphatic carbocycles. The van der Waals surface area contributed by atoms with E-state index in [9.17, 15) is 4.79 Å². The van der Waals surface area contributed by atoms with Gasteiger partial charge in [-0.1, -0.05) is 6.07 Å². The highest BCUT2D eigenvalue weighted by molar-refractivity contribution is 6.04. The molecule has 2 heterocycles. The van der Waals surface area contributed by atoms with Gasteiger partial charge in [-0.25, -0.2) is 4.98 Å². The predicted octanol–water partition coefficient (Wildman–Crippen LogP) is 4.80. The van der Waals surface area contributed by atoms with Crippen molar-refractivity contribution in [1.82, 2.24) is 4.98 Å². The maximum absolute atomic E-state index is 12.3. The van der Waals surface area contributed by atoms with Crippen LogP contribution in [0.5, 0.6) is 5.75 Å². The van der Waals surface area contributed by atoms with E-state index in [2.05, 4.69) is 10.3 Å². The van der Waals surface area contributed by atoms with Gasteiger partial charge in [0.2, 0.25) is 5.91 Å². The molecule has 0 aliphatic rings. The fourth-order valence-corrected chi connectivity index (χ4v) is 2.83. The van der Waals surface area contributed by atoms with Crippen molar-refractivity contribution in [1.29, 1.82) is 0 Å². The number of methoxy groups -OCH3 is 1. The second-order valence-electron chi connectivity index (χ2n) is 6.37. The molecule has 134 valence electrons. The second-order valence-corrected chi connectivity index (χ2v) is 6.37. The molecule has 5 nitrogen and oxygen atoms in total. The van der Waals surface area contributed by atoms with Gasteiger partial charge in [-0.05, 0) is 56.5 Å². The molecule has 0 spiro atoms. The number of aromatic nitrogens is 1. The summed E-state index contributed by atoms with van der Waals surface area (Å²) >= 11 is 0. The minimum absolute atomic E-state index is 0.235. The third-order valence-electron chi connectivity index (χ3n) is 4.43. The van der Waals surface area contributed by atoms with Crippen molar-refractivity contribution in [2.75, 3.05) is 12.4 Å². The summed E-state index contributed by atoms with van der Waals surface area (Å²) in [4.78, 5) is 16.5. The predicted molar refractivity (Wildman–Crippen MR) is 103 cm³/mol. The van der Waals surface area contributed by atoms with E-state index in [0.717, 1.165) is 39.0 Å². The van der Waals surface area contributed by atoms with Crippen molar-refractivity contribution in [2.24, 2.45) is 0 Å². The summed E-state index contributed by atoms with van der Waals surface area (Å²) in [5, 5.41) is 3.79. The van der Waals surface area contributed by atoms with Gasteiger partial charge >= 0.3 is 0 Å². The normalized spacial score (nSPS) is 11.7.